The molecule has 0 aliphatic heterocycles. The summed E-state index contributed by atoms with van der Waals surface area (Å²) in [6.45, 7) is 5.44. The van der Waals surface area contributed by atoms with Crippen molar-refractivity contribution >= 4 is 16.8 Å². The Labute approximate surface area is 136 Å². The third-order valence-corrected chi connectivity index (χ3v) is 4.08. The molecule has 0 N–H and O–H groups in total. The third kappa shape index (κ3) is 3.09. The fourth-order valence-electron chi connectivity index (χ4n) is 2.70. The van der Waals surface area contributed by atoms with Gasteiger partial charge in [0.15, 0.2) is 0 Å². The SMILES string of the molecule is CCN(CC)C(=O)c1ccc(-c2ccc3ccccc3n2)cc1. The van der Waals surface area contributed by atoms with Crippen molar-refractivity contribution in [2.75, 3.05) is 13.1 Å². The zero-order valence-electron chi connectivity index (χ0n) is 13.5. The van der Waals surface area contributed by atoms with Crippen molar-refractivity contribution in [3.63, 3.8) is 0 Å². The van der Waals surface area contributed by atoms with Crippen LogP contribution in [0.3, 0.4) is 0 Å². The number of benzene rings is 2. The van der Waals surface area contributed by atoms with Crippen LogP contribution >= 0.6 is 0 Å². The molecule has 0 radical (unpaired) electrons. The maximum Gasteiger partial charge on any atom is 0.253 e. The number of carbonyl (C=O) groups is 1. The number of amides is 1. The summed E-state index contributed by atoms with van der Waals surface area (Å²) in [4.78, 5) is 18.9. The second-order valence-corrected chi connectivity index (χ2v) is 5.44. The number of aromatic nitrogens is 1. The van der Waals surface area contributed by atoms with Gasteiger partial charge in [-0.3, -0.25) is 4.79 Å². The molecule has 1 amide bonds. The Hall–Kier alpha value is -2.68. The van der Waals surface area contributed by atoms with Crippen LogP contribution in [0.25, 0.3) is 22.2 Å². The molecule has 1 heterocycles. The monoisotopic (exact) mass is 304 g/mol. The highest BCUT2D eigenvalue weighted by molar-refractivity contribution is 5.94. The van der Waals surface area contributed by atoms with E-state index >= 15 is 0 Å². The maximum absolute atomic E-state index is 12.3. The number of pyridine rings is 1. The molecule has 0 atom stereocenters. The molecule has 3 heteroatoms. The number of para-hydroxylation sites is 1. The van der Waals surface area contributed by atoms with Gasteiger partial charge in [0.25, 0.3) is 5.91 Å². The van der Waals surface area contributed by atoms with Gasteiger partial charge in [-0.15, -0.1) is 0 Å². The lowest BCUT2D eigenvalue weighted by molar-refractivity contribution is 0.0773. The molecule has 0 spiro atoms. The van der Waals surface area contributed by atoms with Gasteiger partial charge in [0.1, 0.15) is 0 Å². The number of carbonyl (C=O) groups excluding carboxylic acids is 1. The summed E-state index contributed by atoms with van der Waals surface area (Å²) in [5, 5.41) is 1.13. The smallest absolute Gasteiger partial charge is 0.253 e. The van der Waals surface area contributed by atoms with Gasteiger partial charge >= 0.3 is 0 Å². The predicted octanol–water partition coefficient (Wildman–Crippen LogP) is 4.38. The minimum absolute atomic E-state index is 0.0769. The number of nitrogens with zero attached hydrogens (tertiary/aromatic N) is 2. The van der Waals surface area contributed by atoms with Gasteiger partial charge in [-0.2, -0.15) is 0 Å². The second-order valence-electron chi connectivity index (χ2n) is 5.44. The largest absolute Gasteiger partial charge is 0.339 e. The van der Waals surface area contributed by atoms with Crippen LogP contribution in [0.2, 0.25) is 0 Å². The van der Waals surface area contributed by atoms with Crippen LogP contribution in [0.15, 0.2) is 60.7 Å². The minimum Gasteiger partial charge on any atom is -0.339 e. The Kier molecular flexibility index (Phi) is 4.38. The van der Waals surface area contributed by atoms with E-state index in [1.54, 1.807) is 0 Å². The highest BCUT2D eigenvalue weighted by atomic mass is 16.2. The van der Waals surface area contributed by atoms with Crippen LogP contribution in [0.1, 0.15) is 24.2 Å². The van der Waals surface area contributed by atoms with Gasteiger partial charge in [-0.25, -0.2) is 4.98 Å². The highest BCUT2D eigenvalue weighted by Gasteiger charge is 2.12. The van der Waals surface area contributed by atoms with Gasteiger partial charge in [0.05, 0.1) is 11.2 Å². The zero-order chi connectivity index (χ0) is 16.2. The highest BCUT2D eigenvalue weighted by Crippen LogP contribution is 2.21. The van der Waals surface area contributed by atoms with E-state index in [0.29, 0.717) is 0 Å². The van der Waals surface area contributed by atoms with Crippen LogP contribution in [-0.2, 0) is 0 Å². The van der Waals surface area contributed by atoms with E-state index in [-0.39, 0.29) is 5.91 Å². The van der Waals surface area contributed by atoms with E-state index in [0.717, 1.165) is 40.8 Å². The molecule has 0 saturated heterocycles. The summed E-state index contributed by atoms with van der Waals surface area (Å²) in [6, 6.07) is 19.9. The van der Waals surface area contributed by atoms with Crippen molar-refractivity contribution in [2.24, 2.45) is 0 Å². The van der Waals surface area contributed by atoms with Crippen molar-refractivity contribution < 1.29 is 4.79 Å². The second kappa shape index (κ2) is 6.61. The first-order valence-electron chi connectivity index (χ1n) is 7.98. The van der Waals surface area contributed by atoms with E-state index in [1.807, 2.05) is 67.3 Å². The van der Waals surface area contributed by atoms with E-state index in [9.17, 15) is 4.79 Å². The zero-order valence-corrected chi connectivity index (χ0v) is 13.5. The van der Waals surface area contributed by atoms with Crippen LogP contribution in [-0.4, -0.2) is 28.9 Å². The van der Waals surface area contributed by atoms with Gasteiger partial charge < -0.3 is 4.90 Å². The summed E-state index contributed by atoms with van der Waals surface area (Å²) >= 11 is 0. The first-order chi connectivity index (χ1) is 11.2. The van der Waals surface area contributed by atoms with Crippen LogP contribution in [0.4, 0.5) is 0 Å². The average Bonchev–Trinajstić information content (AvgIpc) is 2.62. The lowest BCUT2D eigenvalue weighted by Gasteiger charge is -2.18. The predicted molar refractivity (Wildman–Crippen MR) is 94.4 cm³/mol. The molecule has 3 aromatic rings. The summed E-state index contributed by atoms with van der Waals surface area (Å²) in [5.74, 6) is 0.0769. The quantitative estimate of drug-likeness (QED) is 0.716. The third-order valence-electron chi connectivity index (χ3n) is 4.08. The Morgan fingerprint density at radius 3 is 2.30 bits per heavy atom. The van der Waals surface area contributed by atoms with Crippen molar-refractivity contribution in [3.05, 3.63) is 66.2 Å². The van der Waals surface area contributed by atoms with Gasteiger partial charge in [-0.1, -0.05) is 36.4 Å². The first kappa shape index (κ1) is 15.2. The van der Waals surface area contributed by atoms with E-state index in [1.165, 1.54) is 0 Å². The normalized spacial score (nSPS) is 10.7. The molecule has 0 fully saturated rings. The number of rotatable bonds is 4. The molecule has 23 heavy (non-hydrogen) atoms. The van der Waals surface area contributed by atoms with E-state index < -0.39 is 0 Å². The number of hydrogen-bond acceptors (Lipinski definition) is 2. The minimum atomic E-state index is 0.0769. The molecule has 3 nitrogen and oxygen atoms in total. The molecule has 3 rings (SSSR count). The molecule has 0 unspecified atom stereocenters. The number of fused-ring (bicyclic) bond motifs is 1. The molecule has 1 aromatic heterocycles. The van der Waals surface area contributed by atoms with Crippen molar-refractivity contribution in [3.8, 4) is 11.3 Å². The molecular formula is C20H20N2O. The Morgan fingerprint density at radius 2 is 1.61 bits per heavy atom. The van der Waals surface area contributed by atoms with E-state index in [4.69, 9.17) is 4.98 Å². The van der Waals surface area contributed by atoms with Crippen LogP contribution < -0.4 is 0 Å². The molecule has 0 saturated carbocycles. The molecular weight excluding hydrogens is 284 g/mol. The molecule has 2 aromatic carbocycles. The van der Waals surface area contributed by atoms with Crippen LogP contribution in [0.5, 0.6) is 0 Å². The summed E-state index contributed by atoms with van der Waals surface area (Å²) in [5.41, 5.74) is 3.64. The van der Waals surface area contributed by atoms with Gasteiger partial charge in [0, 0.05) is 29.6 Å². The van der Waals surface area contributed by atoms with Crippen LogP contribution in [0, 0.1) is 0 Å². The van der Waals surface area contributed by atoms with Gasteiger partial charge in [0.2, 0.25) is 0 Å². The Morgan fingerprint density at radius 1 is 0.913 bits per heavy atom. The van der Waals surface area contributed by atoms with Crippen molar-refractivity contribution in [1.82, 2.24) is 9.88 Å². The first-order valence-corrected chi connectivity index (χ1v) is 7.98. The lowest BCUT2D eigenvalue weighted by atomic mass is 10.1. The van der Waals surface area contributed by atoms with E-state index in [2.05, 4.69) is 12.1 Å². The number of hydrogen-bond donors (Lipinski definition) is 0. The lowest BCUT2D eigenvalue weighted by Crippen LogP contribution is -2.30. The average molecular weight is 304 g/mol. The summed E-state index contributed by atoms with van der Waals surface area (Å²) in [6.07, 6.45) is 0. The Balaban J connectivity index is 1.90. The molecule has 0 aliphatic rings. The summed E-state index contributed by atoms with van der Waals surface area (Å²) < 4.78 is 0. The molecule has 0 aliphatic carbocycles. The fourth-order valence-corrected chi connectivity index (χ4v) is 2.70. The molecule has 0 bridgehead atoms. The standard InChI is InChI=1S/C20H20N2O/c1-3-22(4-2)20(23)17-11-9-16(10-12-17)19-14-13-15-7-5-6-8-18(15)21-19/h5-14H,3-4H2,1-2H3. The Bertz CT molecular complexity index is 820. The van der Waals surface area contributed by atoms with Gasteiger partial charge in [-0.05, 0) is 38.1 Å². The van der Waals surface area contributed by atoms with Crippen molar-refractivity contribution in [2.45, 2.75) is 13.8 Å². The fraction of sp³-hybridized carbons (Fsp3) is 0.200. The topological polar surface area (TPSA) is 33.2 Å². The van der Waals surface area contributed by atoms with Crippen molar-refractivity contribution in [1.29, 1.82) is 0 Å². The summed E-state index contributed by atoms with van der Waals surface area (Å²) in [7, 11) is 0. The maximum atomic E-state index is 12.3. The molecule has 116 valence electrons.